The summed E-state index contributed by atoms with van der Waals surface area (Å²) >= 11 is 14.0. The number of carbonyl (C=O) groups excluding carboxylic acids is 2. The number of fused-ring (bicyclic) bond motifs is 1. The number of nitrogens with one attached hydrogen (secondary N) is 1. The van der Waals surface area contributed by atoms with E-state index in [4.69, 9.17) is 37.7 Å². The molecule has 0 radical (unpaired) electrons. The second-order valence-electron chi connectivity index (χ2n) is 10.7. The van der Waals surface area contributed by atoms with Gasteiger partial charge in [0.05, 0.1) is 23.9 Å². The maximum atomic E-state index is 12.7. The van der Waals surface area contributed by atoms with Gasteiger partial charge in [-0.3, -0.25) is 5.32 Å². The van der Waals surface area contributed by atoms with Crippen molar-refractivity contribution in [2.45, 2.75) is 58.7 Å². The van der Waals surface area contributed by atoms with Crippen LogP contribution in [0.3, 0.4) is 0 Å². The number of thioether (sulfide) groups is 1. The molecule has 2 aliphatic rings. The van der Waals surface area contributed by atoms with Gasteiger partial charge in [-0.25, -0.2) is 14.6 Å². The molecule has 4 rings (SSSR count). The van der Waals surface area contributed by atoms with Gasteiger partial charge in [0.2, 0.25) is 0 Å². The van der Waals surface area contributed by atoms with Crippen molar-refractivity contribution in [1.29, 1.82) is 0 Å². The summed E-state index contributed by atoms with van der Waals surface area (Å²) in [4.78, 5) is 33.1. The van der Waals surface area contributed by atoms with Gasteiger partial charge in [-0.15, -0.1) is 0 Å². The molecule has 0 unspecified atom stereocenters. The predicted molar refractivity (Wildman–Crippen MR) is 154 cm³/mol. The highest BCUT2D eigenvalue weighted by molar-refractivity contribution is 8.18. The van der Waals surface area contributed by atoms with E-state index in [1.807, 2.05) is 57.2 Å². The van der Waals surface area contributed by atoms with Crippen LogP contribution in [0.2, 0.25) is 10.0 Å². The van der Waals surface area contributed by atoms with E-state index in [1.165, 1.54) is 18.9 Å². The Morgan fingerprint density at radius 3 is 2.37 bits per heavy atom. The van der Waals surface area contributed by atoms with E-state index in [0.29, 0.717) is 25.8 Å². The van der Waals surface area contributed by atoms with Gasteiger partial charge in [0.15, 0.2) is 5.17 Å². The Kier molecular flexibility index (Phi) is 7.81. The van der Waals surface area contributed by atoms with Gasteiger partial charge in [0.25, 0.3) is 0 Å². The number of hydrogen-bond acceptors (Lipinski definition) is 7. The number of nitrogens with zero attached hydrogens (tertiary/aromatic N) is 2. The fraction of sp³-hybridized carbons (Fsp3) is 0.393. The molecule has 2 aromatic carbocycles. The van der Waals surface area contributed by atoms with Crippen molar-refractivity contribution in [3.05, 3.63) is 74.2 Å². The number of rotatable bonds is 5. The molecule has 1 N–H and O–H groups in total. The topological polar surface area (TPSA) is 80.2 Å². The van der Waals surface area contributed by atoms with Crippen LogP contribution in [0.15, 0.2) is 58.1 Å². The van der Waals surface area contributed by atoms with Gasteiger partial charge in [-0.2, -0.15) is 0 Å². The predicted octanol–water partition coefficient (Wildman–Crippen LogP) is 7.76. The summed E-state index contributed by atoms with van der Waals surface area (Å²) in [7, 11) is 1.38. The monoisotopic (exact) mass is 575 g/mol. The second kappa shape index (κ2) is 10.5. The fourth-order valence-corrected chi connectivity index (χ4v) is 6.33. The van der Waals surface area contributed by atoms with Crippen molar-refractivity contribution in [3.63, 3.8) is 0 Å². The molecule has 0 spiro atoms. The lowest BCUT2D eigenvalue weighted by Crippen LogP contribution is -2.36. The summed E-state index contributed by atoms with van der Waals surface area (Å²) in [6, 6.07) is 12.8. The van der Waals surface area contributed by atoms with E-state index in [-0.39, 0.29) is 17.9 Å². The van der Waals surface area contributed by atoms with Crippen LogP contribution >= 0.6 is 35.0 Å². The van der Waals surface area contributed by atoms with Crippen molar-refractivity contribution in [1.82, 2.24) is 4.90 Å². The van der Waals surface area contributed by atoms with Gasteiger partial charge in [0.1, 0.15) is 16.0 Å². The Labute approximate surface area is 237 Å². The highest BCUT2D eigenvalue weighted by Crippen LogP contribution is 2.56. The fourth-order valence-electron chi connectivity index (χ4n) is 4.71. The number of halogens is 2. The molecule has 2 aromatic rings. The number of esters is 1. The second-order valence-corrected chi connectivity index (χ2v) is 12.5. The first-order valence-electron chi connectivity index (χ1n) is 12.2. The van der Waals surface area contributed by atoms with Gasteiger partial charge in [-0.05, 0) is 80.8 Å². The minimum Gasteiger partial charge on any atom is -0.465 e. The van der Waals surface area contributed by atoms with E-state index in [2.05, 4.69) is 10.2 Å². The number of ether oxygens (including phenoxy) is 2. The largest absolute Gasteiger partial charge is 0.465 e. The van der Waals surface area contributed by atoms with Crippen LogP contribution < -0.4 is 5.32 Å². The van der Waals surface area contributed by atoms with Gasteiger partial charge < -0.3 is 14.4 Å². The van der Waals surface area contributed by atoms with E-state index < -0.39 is 17.2 Å². The Hall–Kier alpha value is -2.68. The summed E-state index contributed by atoms with van der Waals surface area (Å²) in [5, 5.41) is 4.47. The molecule has 0 fully saturated rings. The molecule has 7 nitrogen and oxygen atoms in total. The SMILES string of the molecule is COC(=O)C1=C(C(C)C)N2C(=N[C@@](C)(c3ccc(Cl)c(NC(=O)OC(C)(C)C)c3)[C@H]2c2ccc(Cl)cc2)S1. The van der Waals surface area contributed by atoms with Crippen LogP contribution in [0.5, 0.6) is 0 Å². The van der Waals surface area contributed by atoms with E-state index >= 15 is 0 Å². The van der Waals surface area contributed by atoms with Crippen LogP contribution in [0.1, 0.15) is 58.7 Å². The van der Waals surface area contributed by atoms with Crippen LogP contribution in [-0.2, 0) is 19.8 Å². The molecule has 0 saturated carbocycles. The van der Waals surface area contributed by atoms with Crippen molar-refractivity contribution < 1.29 is 19.1 Å². The summed E-state index contributed by atoms with van der Waals surface area (Å²) in [5.74, 6) is -0.362. The van der Waals surface area contributed by atoms with Crippen LogP contribution in [0.4, 0.5) is 10.5 Å². The lowest BCUT2D eigenvalue weighted by atomic mass is 9.81. The van der Waals surface area contributed by atoms with Gasteiger partial charge >= 0.3 is 12.1 Å². The van der Waals surface area contributed by atoms with Crippen molar-refractivity contribution in [2.24, 2.45) is 10.9 Å². The summed E-state index contributed by atoms with van der Waals surface area (Å²) in [6.07, 6.45) is -0.599. The zero-order chi connectivity index (χ0) is 28.0. The van der Waals surface area contributed by atoms with E-state index in [9.17, 15) is 9.59 Å². The number of benzene rings is 2. The molecule has 0 aromatic heterocycles. The summed E-state index contributed by atoms with van der Waals surface area (Å²) in [5.41, 5.74) is 1.62. The molecule has 38 heavy (non-hydrogen) atoms. The molecule has 10 heteroatoms. The Bertz CT molecular complexity index is 1330. The Morgan fingerprint density at radius 1 is 1.13 bits per heavy atom. The molecule has 0 bridgehead atoms. The first kappa shape index (κ1) is 28.3. The zero-order valence-electron chi connectivity index (χ0n) is 22.4. The van der Waals surface area contributed by atoms with Gasteiger partial charge in [0, 0.05) is 10.7 Å². The molecule has 0 saturated heterocycles. The standard InChI is InChI=1S/C28H31Cl2N3O4S/c1-15(2)21-22(24(34)36-7)38-25-32-28(6,23(33(21)25)16-8-11-18(29)12-9-16)17-10-13-19(30)20(14-17)31-26(35)37-27(3,4)5/h8-15,23H,1-7H3,(H,31,35)/t23-,28+/m1/s1. The third-order valence-electron chi connectivity index (χ3n) is 6.30. The lowest BCUT2D eigenvalue weighted by molar-refractivity contribution is -0.135. The van der Waals surface area contributed by atoms with Crippen molar-refractivity contribution in [2.75, 3.05) is 12.4 Å². The van der Waals surface area contributed by atoms with Crippen LogP contribution in [-0.4, -0.2) is 34.8 Å². The third-order valence-corrected chi connectivity index (χ3v) is 7.93. The molecular formula is C28H31Cl2N3O4S. The zero-order valence-corrected chi connectivity index (χ0v) is 24.7. The molecule has 2 heterocycles. The number of anilines is 1. The summed E-state index contributed by atoms with van der Waals surface area (Å²) < 4.78 is 10.5. The molecule has 202 valence electrons. The average Bonchev–Trinajstić information content (AvgIpc) is 3.32. The minimum absolute atomic E-state index is 0.0241. The Morgan fingerprint density at radius 2 is 1.79 bits per heavy atom. The number of hydrogen-bond donors (Lipinski definition) is 1. The van der Waals surface area contributed by atoms with E-state index in [1.54, 1.807) is 26.8 Å². The van der Waals surface area contributed by atoms with Crippen molar-refractivity contribution in [3.8, 4) is 0 Å². The first-order valence-corrected chi connectivity index (χ1v) is 13.8. The van der Waals surface area contributed by atoms with Gasteiger partial charge in [-0.1, -0.05) is 55.2 Å². The number of amides is 1. The summed E-state index contributed by atoms with van der Waals surface area (Å²) in [6.45, 7) is 11.5. The van der Waals surface area contributed by atoms with Crippen molar-refractivity contribution >= 4 is 57.9 Å². The molecular weight excluding hydrogens is 545 g/mol. The Balaban J connectivity index is 1.83. The molecule has 2 aliphatic heterocycles. The number of aliphatic imine (C=N–C) groups is 1. The number of methoxy groups -OCH3 is 1. The lowest BCUT2D eigenvalue weighted by Gasteiger charge is -2.37. The molecule has 2 atom stereocenters. The quantitative estimate of drug-likeness (QED) is 0.367. The van der Waals surface area contributed by atoms with Crippen LogP contribution in [0, 0.1) is 5.92 Å². The van der Waals surface area contributed by atoms with Crippen LogP contribution in [0.25, 0.3) is 0 Å². The van der Waals surface area contributed by atoms with E-state index in [0.717, 1.165) is 16.8 Å². The molecule has 1 amide bonds. The number of carbonyl (C=O) groups is 2. The smallest absolute Gasteiger partial charge is 0.412 e. The highest BCUT2D eigenvalue weighted by Gasteiger charge is 2.53. The highest BCUT2D eigenvalue weighted by atomic mass is 35.5. The maximum Gasteiger partial charge on any atom is 0.412 e. The number of allylic oxidation sites excluding steroid dienone is 1. The first-order chi connectivity index (χ1) is 17.7. The third kappa shape index (κ3) is 5.40. The average molecular weight is 577 g/mol. The minimum atomic E-state index is -0.799. The molecule has 0 aliphatic carbocycles. The maximum absolute atomic E-state index is 12.7. The number of amidine groups is 1. The normalized spacial score (nSPS) is 20.9.